The predicted molar refractivity (Wildman–Crippen MR) is 51.2 cm³/mol. The van der Waals surface area contributed by atoms with E-state index in [1.807, 2.05) is 0 Å². The van der Waals surface area contributed by atoms with E-state index in [0.29, 0.717) is 18.9 Å². The Bertz CT molecular complexity index is 105. The highest BCUT2D eigenvalue weighted by atomic mass is 16.5. The summed E-state index contributed by atoms with van der Waals surface area (Å²) in [6.45, 7) is 9.41. The van der Waals surface area contributed by atoms with Crippen molar-refractivity contribution in [2.45, 2.75) is 46.1 Å². The zero-order valence-corrected chi connectivity index (χ0v) is 8.76. The summed E-state index contributed by atoms with van der Waals surface area (Å²) < 4.78 is 5.40. The zero-order chi connectivity index (χ0) is 9.61. The van der Waals surface area contributed by atoms with Crippen LogP contribution in [0.2, 0.25) is 0 Å². The van der Waals surface area contributed by atoms with Gasteiger partial charge in [0.1, 0.15) is 0 Å². The van der Waals surface area contributed by atoms with Gasteiger partial charge in [0.05, 0.1) is 5.60 Å². The minimum absolute atomic E-state index is 0.588. The predicted octanol–water partition coefficient (Wildman–Crippen LogP) is 2.21. The molecule has 1 N–H and O–H groups in total. The molecule has 0 saturated heterocycles. The molecule has 0 radical (unpaired) electrons. The first-order valence-corrected chi connectivity index (χ1v) is 4.76. The summed E-state index contributed by atoms with van der Waals surface area (Å²) in [5, 5.41) is 9.36. The molecule has 0 amide bonds. The summed E-state index contributed by atoms with van der Waals surface area (Å²) in [6, 6.07) is 0. The van der Waals surface area contributed by atoms with E-state index >= 15 is 0 Å². The normalized spacial score (nSPS) is 14.8. The SMILES string of the molecule is CCC(C)COCCC(C)(C)O. The molecular formula is C10H22O2. The van der Waals surface area contributed by atoms with Crippen molar-refractivity contribution in [2.75, 3.05) is 13.2 Å². The van der Waals surface area contributed by atoms with Crippen LogP contribution in [0, 0.1) is 5.92 Å². The lowest BCUT2D eigenvalue weighted by Gasteiger charge is -2.17. The number of rotatable bonds is 6. The number of ether oxygens (including phenoxy) is 1. The zero-order valence-electron chi connectivity index (χ0n) is 8.76. The van der Waals surface area contributed by atoms with Crippen LogP contribution < -0.4 is 0 Å². The van der Waals surface area contributed by atoms with Gasteiger partial charge in [-0.05, 0) is 26.2 Å². The van der Waals surface area contributed by atoms with Gasteiger partial charge >= 0.3 is 0 Å². The van der Waals surface area contributed by atoms with Crippen LogP contribution in [-0.4, -0.2) is 23.9 Å². The van der Waals surface area contributed by atoms with E-state index in [2.05, 4.69) is 13.8 Å². The molecule has 0 heterocycles. The van der Waals surface area contributed by atoms with E-state index in [9.17, 15) is 5.11 Å². The lowest BCUT2D eigenvalue weighted by molar-refractivity contribution is 0.0206. The maximum Gasteiger partial charge on any atom is 0.0613 e. The molecule has 74 valence electrons. The number of hydrogen-bond donors (Lipinski definition) is 1. The van der Waals surface area contributed by atoms with Crippen LogP contribution in [0.25, 0.3) is 0 Å². The Hall–Kier alpha value is -0.0800. The van der Waals surface area contributed by atoms with Crippen LogP contribution in [0.5, 0.6) is 0 Å². The van der Waals surface area contributed by atoms with Crippen molar-refractivity contribution in [1.29, 1.82) is 0 Å². The van der Waals surface area contributed by atoms with Gasteiger partial charge in [0, 0.05) is 13.2 Å². The van der Waals surface area contributed by atoms with Gasteiger partial charge < -0.3 is 9.84 Å². The van der Waals surface area contributed by atoms with E-state index < -0.39 is 5.60 Å². The average molecular weight is 174 g/mol. The van der Waals surface area contributed by atoms with Crippen LogP contribution in [-0.2, 0) is 4.74 Å². The van der Waals surface area contributed by atoms with E-state index in [4.69, 9.17) is 4.74 Å². The van der Waals surface area contributed by atoms with E-state index in [1.165, 1.54) is 0 Å². The highest BCUT2D eigenvalue weighted by molar-refractivity contribution is 4.63. The van der Waals surface area contributed by atoms with Crippen LogP contribution >= 0.6 is 0 Å². The molecule has 12 heavy (non-hydrogen) atoms. The van der Waals surface area contributed by atoms with Crippen molar-refractivity contribution < 1.29 is 9.84 Å². The summed E-state index contributed by atoms with van der Waals surface area (Å²) in [5.41, 5.74) is -0.588. The standard InChI is InChI=1S/C10H22O2/c1-5-9(2)8-12-7-6-10(3,4)11/h9,11H,5-8H2,1-4H3. The van der Waals surface area contributed by atoms with Crippen molar-refractivity contribution in [1.82, 2.24) is 0 Å². The number of aliphatic hydroxyl groups is 1. The number of hydrogen-bond acceptors (Lipinski definition) is 2. The molecule has 0 aliphatic carbocycles. The van der Waals surface area contributed by atoms with Gasteiger partial charge in [0.15, 0.2) is 0 Å². The molecular weight excluding hydrogens is 152 g/mol. The molecule has 0 aromatic heterocycles. The van der Waals surface area contributed by atoms with Crippen LogP contribution in [0.3, 0.4) is 0 Å². The summed E-state index contributed by atoms with van der Waals surface area (Å²) in [6.07, 6.45) is 1.87. The molecule has 0 rings (SSSR count). The Labute approximate surface area is 75.9 Å². The average Bonchev–Trinajstić information content (AvgIpc) is 1.96. The Morgan fingerprint density at radius 1 is 1.42 bits per heavy atom. The fourth-order valence-electron chi connectivity index (χ4n) is 0.724. The van der Waals surface area contributed by atoms with Crippen molar-refractivity contribution in [3.05, 3.63) is 0 Å². The highest BCUT2D eigenvalue weighted by Gasteiger charge is 2.11. The lowest BCUT2D eigenvalue weighted by Crippen LogP contribution is -2.21. The van der Waals surface area contributed by atoms with Crippen LogP contribution in [0.4, 0.5) is 0 Å². The van der Waals surface area contributed by atoms with Crippen LogP contribution in [0.1, 0.15) is 40.5 Å². The minimum atomic E-state index is -0.588. The topological polar surface area (TPSA) is 29.5 Å². The van der Waals surface area contributed by atoms with Gasteiger partial charge in [0.25, 0.3) is 0 Å². The molecule has 0 aromatic carbocycles. The smallest absolute Gasteiger partial charge is 0.0613 e. The summed E-state index contributed by atoms with van der Waals surface area (Å²) >= 11 is 0. The molecule has 1 atom stereocenters. The summed E-state index contributed by atoms with van der Waals surface area (Å²) in [7, 11) is 0. The Balaban J connectivity index is 3.22. The molecule has 0 spiro atoms. The van der Waals surface area contributed by atoms with E-state index in [1.54, 1.807) is 13.8 Å². The Morgan fingerprint density at radius 2 is 2.00 bits per heavy atom. The Morgan fingerprint density at radius 3 is 2.42 bits per heavy atom. The third-order valence-electron chi connectivity index (χ3n) is 1.96. The molecule has 0 aliphatic rings. The first-order chi connectivity index (χ1) is 5.45. The first kappa shape index (κ1) is 11.9. The van der Waals surface area contributed by atoms with Gasteiger partial charge in [0.2, 0.25) is 0 Å². The van der Waals surface area contributed by atoms with Gasteiger partial charge in [-0.1, -0.05) is 20.3 Å². The van der Waals surface area contributed by atoms with E-state index in [0.717, 1.165) is 13.0 Å². The molecule has 0 bridgehead atoms. The van der Waals surface area contributed by atoms with Gasteiger partial charge in [-0.15, -0.1) is 0 Å². The fourth-order valence-corrected chi connectivity index (χ4v) is 0.724. The molecule has 0 saturated carbocycles. The second-order valence-electron chi connectivity index (χ2n) is 4.15. The second-order valence-corrected chi connectivity index (χ2v) is 4.15. The third kappa shape index (κ3) is 8.02. The van der Waals surface area contributed by atoms with E-state index in [-0.39, 0.29) is 0 Å². The monoisotopic (exact) mass is 174 g/mol. The van der Waals surface area contributed by atoms with Gasteiger partial charge in [-0.3, -0.25) is 0 Å². The Kier molecular flexibility index (Phi) is 5.51. The molecule has 0 aromatic rings. The molecule has 1 unspecified atom stereocenters. The second kappa shape index (κ2) is 5.55. The fraction of sp³-hybridized carbons (Fsp3) is 1.00. The van der Waals surface area contributed by atoms with Crippen molar-refractivity contribution in [2.24, 2.45) is 5.92 Å². The largest absolute Gasteiger partial charge is 0.390 e. The highest BCUT2D eigenvalue weighted by Crippen LogP contribution is 2.08. The van der Waals surface area contributed by atoms with Gasteiger partial charge in [-0.25, -0.2) is 0 Å². The van der Waals surface area contributed by atoms with Gasteiger partial charge in [-0.2, -0.15) is 0 Å². The van der Waals surface area contributed by atoms with Crippen molar-refractivity contribution in [3.63, 3.8) is 0 Å². The molecule has 0 aliphatic heterocycles. The van der Waals surface area contributed by atoms with Crippen LogP contribution in [0.15, 0.2) is 0 Å². The van der Waals surface area contributed by atoms with Crippen molar-refractivity contribution in [3.8, 4) is 0 Å². The first-order valence-electron chi connectivity index (χ1n) is 4.76. The molecule has 2 heteroatoms. The minimum Gasteiger partial charge on any atom is -0.390 e. The maximum absolute atomic E-state index is 9.36. The summed E-state index contributed by atoms with van der Waals surface area (Å²) in [4.78, 5) is 0. The molecule has 0 fully saturated rings. The third-order valence-corrected chi connectivity index (χ3v) is 1.96. The quantitative estimate of drug-likeness (QED) is 0.626. The maximum atomic E-state index is 9.36. The molecule has 2 nitrogen and oxygen atoms in total. The van der Waals surface area contributed by atoms with Crippen molar-refractivity contribution >= 4 is 0 Å². The lowest BCUT2D eigenvalue weighted by atomic mass is 10.1. The summed E-state index contributed by atoms with van der Waals surface area (Å²) in [5.74, 6) is 0.631.